The molecule has 6 atom stereocenters. The Morgan fingerprint density at radius 3 is 2.50 bits per heavy atom. The standard InChI is InChI=1S/C30H38O6/c1-19(17-26(33)35-6)23(31)18-29(4)21(3)27(34)28(30(5)20(2)11-10-14-24(29)30)36-25(32)16-15-22-12-8-7-9-13-22/h7-9,11-13,15-16,21,24,27-28,34H,1,10,14,17-18H2,2-6H3. The lowest BCUT2D eigenvalue weighted by molar-refractivity contribution is -0.209. The van der Waals surface area contributed by atoms with E-state index in [1.54, 1.807) is 6.08 Å². The maximum atomic E-state index is 13.2. The average Bonchev–Trinajstić information content (AvgIpc) is 2.86. The number of rotatable bonds is 8. The first-order valence-electron chi connectivity index (χ1n) is 12.5. The number of hydrogen-bond donors (Lipinski definition) is 1. The van der Waals surface area contributed by atoms with Crippen LogP contribution in [0.3, 0.4) is 0 Å². The quantitative estimate of drug-likeness (QED) is 0.308. The van der Waals surface area contributed by atoms with Crippen molar-refractivity contribution >= 4 is 23.8 Å². The van der Waals surface area contributed by atoms with Crippen LogP contribution in [-0.4, -0.2) is 42.1 Å². The van der Waals surface area contributed by atoms with Crippen molar-refractivity contribution in [1.29, 1.82) is 0 Å². The van der Waals surface area contributed by atoms with Gasteiger partial charge in [0.2, 0.25) is 0 Å². The SMILES string of the molecule is C=C(CC(=O)OC)C(=O)CC1(C)C(C)C(O)C(OC(=O)C=Cc2ccccc2)C2(C)C(C)=CCCC12. The summed E-state index contributed by atoms with van der Waals surface area (Å²) in [4.78, 5) is 37.7. The highest BCUT2D eigenvalue weighted by Gasteiger charge is 2.63. The maximum absolute atomic E-state index is 13.2. The van der Waals surface area contributed by atoms with E-state index < -0.39 is 35.0 Å². The van der Waals surface area contributed by atoms with Gasteiger partial charge in [0.1, 0.15) is 6.10 Å². The van der Waals surface area contributed by atoms with E-state index in [9.17, 15) is 19.5 Å². The first-order chi connectivity index (χ1) is 16.9. The normalized spacial score (nSPS) is 31.8. The van der Waals surface area contributed by atoms with Gasteiger partial charge in [0.25, 0.3) is 0 Å². The smallest absolute Gasteiger partial charge is 0.331 e. The van der Waals surface area contributed by atoms with Crippen LogP contribution in [0.2, 0.25) is 0 Å². The van der Waals surface area contributed by atoms with Crippen LogP contribution in [-0.2, 0) is 23.9 Å². The lowest BCUT2D eigenvalue weighted by atomic mass is 9.45. The topological polar surface area (TPSA) is 89.9 Å². The molecule has 3 rings (SSSR count). The summed E-state index contributed by atoms with van der Waals surface area (Å²) in [5.74, 6) is -1.60. The number of carbonyl (C=O) groups excluding carboxylic acids is 3. The lowest BCUT2D eigenvalue weighted by Crippen LogP contribution is -2.64. The van der Waals surface area contributed by atoms with Gasteiger partial charge in [-0.25, -0.2) is 4.79 Å². The molecule has 0 aliphatic heterocycles. The molecule has 2 aliphatic rings. The Balaban J connectivity index is 1.89. The molecule has 0 saturated heterocycles. The van der Waals surface area contributed by atoms with Crippen LogP contribution in [0, 0.1) is 22.7 Å². The number of fused-ring (bicyclic) bond motifs is 1. The Kier molecular flexibility index (Phi) is 8.40. The Bertz CT molecular complexity index is 1070. The molecular weight excluding hydrogens is 456 g/mol. The highest BCUT2D eigenvalue weighted by molar-refractivity contribution is 5.99. The summed E-state index contributed by atoms with van der Waals surface area (Å²) in [5.41, 5.74) is 0.876. The van der Waals surface area contributed by atoms with E-state index in [-0.39, 0.29) is 36.0 Å². The molecule has 1 saturated carbocycles. The van der Waals surface area contributed by atoms with E-state index in [2.05, 4.69) is 17.4 Å². The number of ether oxygens (including phenoxy) is 2. The maximum Gasteiger partial charge on any atom is 0.331 e. The van der Waals surface area contributed by atoms with E-state index in [1.165, 1.54) is 13.2 Å². The van der Waals surface area contributed by atoms with Crippen LogP contribution in [0.1, 0.15) is 58.9 Å². The summed E-state index contributed by atoms with van der Waals surface area (Å²) in [5, 5.41) is 11.5. The second kappa shape index (κ2) is 11.0. The molecule has 36 heavy (non-hydrogen) atoms. The molecule has 1 fully saturated rings. The van der Waals surface area contributed by atoms with Crippen LogP contribution in [0.5, 0.6) is 0 Å². The van der Waals surface area contributed by atoms with Crippen molar-refractivity contribution in [3.63, 3.8) is 0 Å². The molecule has 194 valence electrons. The molecule has 0 heterocycles. The number of methoxy groups -OCH3 is 1. The molecule has 1 aromatic rings. The van der Waals surface area contributed by atoms with Gasteiger partial charge in [0, 0.05) is 17.9 Å². The third kappa shape index (κ3) is 5.24. The fraction of sp³-hybridized carbons (Fsp3) is 0.500. The van der Waals surface area contributed by atoms with Crippen LogP contribution in [0.15, 0.2) is 60.2 Å². The first kappa shape index (κ1) is 27.6. The summed E-state index contributed by atoms with van der Waals surface area (Å²) in [6.45, 7) is 11.8. The van der Waals surface area contributed by atoms with E-state index >= 15 is 0 Å². The number of hydrogen-bond acceptors (Lipinski definition) is 6. The molecule has 6 heteroatoms. The van der Waals surface area contributed by atoms with Gasteiger partial charge in [-0.05, 0) is 54.2 Å². The summed E-state index contributed by atoms with van der Waals surface area (Å²) in [6.07, 6.45) is 5.11. The second-order valence-electron chi connectivity index (χ2n) is 10.6. The van der Waals surface area contributed by atoms with Gasteiger partial charge in [-0.3, -0.25) is 9.59 Å². The summed E-state index contributed by atoms with van der Waals surface area (Å²) >= 11 is 0. The third-order valence-electron chi connectivity index (χ3n) is 8.70. The Morgan fingerprint density at radius 1 is 1.19 bits per heavy atom. The first-order valence-corrected chi connectivity index (χ1v) is 12.5. The molecule has 2 aliphatic carbocycles. The third-order valence-corrected chi connectivity index (χ3v) is 8.70. The van der Waals surface area contributed by atoms with Gasteiger partial charge in [0.05, 0.1) is 19.6 Å². The molecule has 0 amide bonds. The number of benzene rings is 1. The summed E-state index contributed by atoms with van der Waals surface area (Å²) in [7, 11) is 1.28. The van der Waals surface area contributed by atoms with E-state index in [0.29, 0.717) is 0 Å². The minimum absolute atomic E-state index is 0.0285. The largest absolute Gasteiger partial charge is 0.469 e. The van der Waals surface area contributed by atoms with Crippen molar-refractivity contribution in [3.05, 3.63) is 65.8 Å². The number of aliphatic hydroxyl groups excluding tert-OH is 1. The Labute approximate surface area is 214 Å². The highest BCUT2D eigenvalue weighted by Crippen LogP contribution is 2.62. The van der Waals surface area contributed by atoms with Crippen LogP contribution >= 0.6 is 0 Å². The molecule has 6 unspecified atom stereocenters. The van der Waals surface area contributed by atoms with Crippen LogP contribution in [0.4, 0.5) is 0 Å². The zero-order valence-electron chi connectivity index (χ0n) is 22.0. The molecule has 0 radical (unpaired) electrons. The lowest BCUT2D eigenvalue weighted by Gasteiger charge is -2.61. The summed E-state index contributed by atoms with van der Waals surface area (Å²) in [6, 6.07) is 9.47. The molecule has 0 spiro atoms. The molecular formula is C30H38O6. The molecule has 0 bridgehead atoms. The van der Waals surface area contributed by atoms with Crippen molar-refractivity contribution in [2.45, 2.75) is 65.6 Å². The minimum atomic E-state index is -0.978. The van der Waals surface area contributed by atoms with Gasteiger partial charge in [-0.1, -0.05) is 69.3 Å². The number of ketones is 1. The van der Waals surface area contributed by atoms with Crippen molar-refractivity contribution in [2.24, 2.45) is 22.7 Å². The molecule has 6 nitrogen and oxygen atoms in total. The fourth-order valence-electron chi connectivity index (χ4n) is 6.21. The minimum Gasteiger partial charge on any atom is -0.469 e. The predicted octanol–water partition coefficient (Wildman–Crippen LogP) is 5.07. The fourth-order valence-corrected chi connectivity index (χ4v) is 6.21. The van der Waals surface area contributed by atoms with Gasteiger partial charge in [-0.2, -0.15) is 0 Å². The molecule has 1 aromatic carbocycles. The number of allylic oxidation sites excluding steroid dienone is 1. The number of carbonyl (C=O) groups is 3. The van der Waals surface area contributed by atoms with Gasteiger partial charge >= 0.3 is 11.9 Å². The number of esters is 2. The van der Waals surface area contributed by atoms with Crippen LogP contribution < -0.4 is 0 Å². The molecule has 1 N–H and O–H groups in total. The van der Waals surface area contributed by atoms with Crippen molar-refractivity contribution < 1.29 is 29.0 Å². The number of Topliss-reactive ketones (excluding diaryl/α,β-unsaturated/α-hetero) is 1. The Morgan fingerprint density at radius 2 is 1.86 bits per heavy atom. The van der Waals surface area contributed by atoms with Gasteiger partial charge in [-0.15, -0.1) is 0 Å². The predicted molar refractivity (Wildman–Crippen MR) is 139 cm³/mol. The summed E-state index contributed by atoms with van der Waals surface area (Å²) < 4.78 is 10.7. The monoisotopic (exact) mass is 494 g/mol. The van der Waals surface area contributed by atoms with Crippen molar-refractivity contribution in [1.82, 2.24) is 0 Å². The zero-order chi connectivity index (χ0) is 26.7. The molecule has 0 aromatic heterocycles. The van der Waals surface area contributed by atoms with E-state index in [4.69, 9.17) is 4.74 Å². The van der Waals surface area contributed by atoms with Gasteiger partial charge in [0.15, 0.2) is 5.78 Å². The van der Waals surface area contributed by atoms with E-state index in [0.717, 1.165) is 24.0 Å². The Hall–Kier alpha value is -2.99. The average molecular weight is 495 g/mol. The zero-order valence-corrected chi connectivity index (χ0v) is 22.0. The highest BCUT2D eigenvalue weighted by atomic mass is 16.6. The van der Waals surface area contributed by atoms with Gasteiger partial charge < -0.3 is 14.6 Å². The second-order valence-corrected chi connectivity index (χ2v) is 10.6. The van der Waals surface area contributed by atoms with Crippen molar-refractivity contribution in [2.75, 3.05) is 7.11 Å². The van der Waals surface area contributed by atoms with Crippen LogP contribution in [0.25, 0.3) is 6.08 Å². The van der Waals surface area contributed by atoms with E-state index in [1.807, 2.05) is 58.0 Å². The number of aliphatic hydroxyl groups is 1. The van der Waals surface area contributed by atoms with Crippen molar-refractivity contribution in [3.8, 4) is 0 Å².